The molecule has 0 heterocycles. The molecule has 1 fully saturated rings. The molecule has 26 heavy (non-hydrogen) atoms. The summed E-state index contributed by atoms with van der Waals surface area (Å²) in [6.45, 7) is 0.722. The van der Waals surface area contributed by atoms with Crippen LogP contribution >= 0.6 is 0 Å². The third-order valence-electron chi connectivity index (χ3n) is 5.63. The van der Waals surface area contributed by atoms with Gasteiger partial charge in [0.15, 0.2) is 0 Å². The van der Waals surface area contributed by atoms with E-state index in [1.54, 1.807) is 24.1 Å². The number of benzene rings is 2. The Kier molecular flexibility index (Phi) is 4.77. The van der Waals surface area contributed by atoms with Crippen LogP contribution in [0.1, 0.15) is 42.0 Å². The van der Waals surface area contributed by atoms with E-state index >= 15 is 0 Å². The zero-order chi connectivity index (χ0) is 18.1. The van der Waals surface area contributed by atoms with Gasteiger partial charge < -0.3 is 4.90 Å². The molecule has 1 atom stereocenters. The van der Waals surface area contributed by atoms with Crippen molar-refractivity contribution in [2.24, 2.45) is 0 Å². The monoisotopic (exact) mass is 352 g/mol. The Morgan fingerprint density at radius 1 is 1.08 bits per heavy atom. The van der Waals surface area contributed by atoms with Crippen LogP contribution < -0.4 is 0 Å². The first-order valence-electron chi connectivity index (χ1n) is 9.44. The van der Waals surface area contributed by atoms with Gasteiger partial charge in [0, 0.05) is 31.2 Å². The first kappa shape index (κ1) is 17.2. The number of aryl methyl sites for hydroxylation is 1. The van der Waals surface area contributed by atoms with Gasteiger partial charge in [0.05, 0.1) is 6.54 Å². The summed E-state index contributed by atoms with van der Waals surface area (Å²) in [6, 6.07) is 16.1. The van der Waals surface area contributed by atoms with E-state index in [-0.39, 0.29) is 11.7 Å². The lowest BCUT2D eigenvalue weighted by Crippen LogP contribution is -2.40. The summed E-state index contributed by atoms with van der Waals surface area (Å²) in [7, 11) is 1.77. The second kappa shape index (κ2) is 7.20. The highest BCUT2D eigenvalue weighted by Gasteiger charge is 2.38. The van der Waals surface area contributed by atoms with Gasteiger partial charge in [0.25, 0.3) is 0 Å². The molecule has 3 nitrogen and oxygen atoms in total. The van der Waals surface area contributed by atoms with Crippen molar-refractivity contribution in [1.29, 1.82) is 0 Å². The highest BCUT2D eigenvalue weighted by molar-refractivity contribution is 5.78. The molecule has 2 aliphatic rings. The van der Waals surface area contributed by atoms with Crippen LogP contribution in [-0.2, 0) is 17.8 Å². The number of amides is 1. The molecule has 0 N–H and O–H groups in total. The molecular weight excluding hydrogens is 327 g/mol. The molecule has 0 spiro atoms. The van der Waals surface area contributed by atoms with Crippen LogP contribution in [0, 0.1) is 5.82 Å². The summed E-state index contributed by atoms with van der Waals surface area (Å²) in [6.07, 6.45) is 4.51. The van der Waals surface area contributed by atoms with E-state index in [0.29, 0.717) is 30.7 Å². The van der Waals surface area contributed by atoms with Crippen LogP contribution in [0.15, 0.2) is 48.5 Å². The van der Waals surface area contributed by atoms with E-state index in [1.165, 1.54) is 30.0 Å². The topological polar surface area (TPSA) is 23.6 Å². The molecule has 0 radical (unpaired) electrons. The third-order valence-corrected chi connectivity index (χ3v) is 5.63. The van der Waals surface area contributed by atoms with Gasteiger partial charge in [-0.1, -0.05) is 42.5 Å². The first-order valence-corrected chi connectivity index (χ1v) is 9.44. The summed E-state index contributed by atoms with van der Waals surface area (Å²) >= 11 is 0. The molecule has 4 rings (SSSR count). The third kappa shape index (κ3) is 3.51. The molecule has 2 aliphatic carbocycles. The summed E-state index contributed by atoms with van der Waals surface area (Å²) < 4.78 is 13.9. The minimum atomic E-state index is -0.254. The first-order chi connectivity index (χ1) is 12.6. The molecule has 2 aromatic carbocycles. The van der Waals surface area contributed by atoms with Gasteiger partial charge in [-0.15, -0.1) is 0 Å². The smallest absolute Gasteiger partial charge is 0.236 e. The number of likely N-dealkylation sites (N-methyl/N-ethyl adjacent to an activating group) is 1. The number of carbonyl (C=O) groups excluding carboxylic acids is 1. The van der Waals surface area contributed by atoms with Gasteiger partial charge in [-0.3, -0.25) is 9.69 Å². The Morgan fingerprint density at radius 2 is 1.81 bits per heavy atom. The fraction of sp³-hybridized carbons (Fsp3) is 0.409. The van der Waals surface area contributed by atoms with E-state index in [2.05, 4.69) is 29.2 Å². The molecule has 0 saturated heterocycles. The molecular formula is C22H25FN2O. The molecule has 1 saturated carbocycles. The van der Waals surface area contributed by atoms with E-state index in [9.17, 15) is 9.18 Å². The van der Waals surface area contributed by atoms with Crippen molar-refractivity contribution in [2.45, 2.75) is 44.3 Å². The Labute approximate surface area is 154 Å². The molecule has 0 bridgehead atoms. The number of nitrogens with zero attached hydrogens (tertiary/aromatic N) is 2. The summed E-state index contributed by atoms with van der Waals surface area (Å²) in [5, 5.41) is 0. The highest BCUT2D eigenvalue weighted by Crippen LogP contribution is 2.41. The molecule has 4 heteroatoms. The Bertz CT molecular complexity index is 802. The highest BCUT2D eigenvalue weighted by atomic mass is 19.1. The standard InChI is InChI=1S/C22H25FN2O/c1-24(14-17-7-3-5-9-20(17)23)22(26)15-25(18-11-12-18)21-13-10-16-6-2-4-8-19(16)21/h2-9,18,21H,10-15H2,1H3. The average Bonchev–Trinajstić information content (AvgIpc) is 3.40. The fourth-order valence-corrected chi connectivity index (χ4v) is 4.03. The van der Waals surface area contributed by atoms with Crippen LogP contribution in [0.25, 0.3) is 0 Å². The Balaban J connectivity index is 1.46. The van der Waals surface area contributed by atoms with Crippen molar-refractivity contribution >= 4 is 5.91 Å². The molecule has 2 aromatic rings. The van der Waals surface area contributed by atoms with Crippen LogP contribution in [0.2, 0.25) is 0 Å². The van der Waals surface area contributed by atoms with Gasteiger partial charge in [-0.2, -0.15) is 0 Å². The van der Waals surface area contributed by atoms with Crippen LogP contribution in [0.3, 0.4) is 0 Å². The average molecular weight is 352 g/mol. The van der Waals surface area contributed by atoms with Crippen LogP contribution in [0.4, 0.5) is 4.39 Å². The number of halogens is 1. The lowest BCUT2D eigenvalue weighted by Gasteiger charge is -2.31. The van der Waals surface area contributed by atoms with E-state index < -0.39 is 0 Å². The van der Waals surface area contributed by atoms with Crippen molar-refractivity contribution < 1.29 is 9.18 Å². The molecule has 136 valence electrons. The molecule has 1 unspecified atom stereocenters. The predicted molar refractivity (Wildman–Crippen MR) is 100 cm³/mol. The number of fused-ring (bicyclic) bond motifs is 1. The summed E-state index contributed by atoms with van der Waals surface area (Å²) in [5.41, 5.74) is 3.35. The lowest BCUT2D eigenvalue weighted by molar-refractivity contribution is -0.132. The van der Waals surface area contributed by atoms with E-state index in [4.69, 9.17) is 0 Å². The summed E-state index contributed by atoms with van der Waals surface area (Å²) in [4.78, 5) is 16.9. The fourth-order valence-electron chi connectivity index (χ4n) is 4.03. The van der Waals surface area contributed by atoms with Gasteiger partial charge in [0.2, 0.25) is 5.91 Å². The SMILES string of the molecule is CN(Cc1ccccc1F)C(=O)CN(C1CC1)C1CCc2ccccc21. The predicted octanol–water partition coefficient (Wildman–Crippen LogP) is 3.94. The quantitative estimate of drug-likeness (QED) is 0.786. The molecule has 0 aliphatic heterocycles. The zero-order valence-electron chi connectivity index (χ0n) is 15.2. The zero-order valence-corrected chi connectivity index (χ0v) is 15.2. The van der Waals surface area contributed by atoms with Crippen molar-refractivity contribution in [1.82, 2.24) is 9.80 Å². The normalized spacial score (nSPS) is 18.8. The second-order valence-electron chi connectivity index (χ2n) is 7.50. The maximum absolute atomic E-state index is 13.9. The maximum Gasteiger partial charge on any atom is 0.236 e. The summed E-state index contributed by atoms with van der Waals surface area (Å²) in [5.74, 6) is -0.194. The minimum absolute atomic E-state index is 0.0598. The van der Waals surface area contributed by atoms with Crippen molar-refractivity contribution in [3.8, 4) is 0 Å². The number of carbonyl (C=O) groups is 1. The lowest BCUT2D eigenvalue weighted by atomic mass is 10.1. The van der Waals surface area contributed by atoms with Crippen molar-refractivity contribution in [3.63, 3.8) is 0 Å². The minimum Gasteiger partial charge on any atom is -0.340 e. The number of rotatable bonds is 6. The molecule has 1 amide bonds. The van der Waals surface area contributed by atoms with Crippen LogP contribution in [0.5, 0.6) is 0 Å². The second-order valence-corrected chi connectivity index (χ2v) is 7.50. The van der Waals surface area contributed by atoms with Gasteiger partial charge >= 0.3 is 0 Å². The van der Waals surface area contributed by atoms with E-state index in [0.717, 1.165) is 12.8 Å². The maximum atomic E-state index is 13.9. The molecule has 0 aromatic heterocycles. The van der Waals surface area contributed by atoms with Crippen molar-refractivity contribution in [3.05, 3.63) is 71.0 Å². The Morgan fingerprint density at radius 3 is 2.58 bits per heavy atom. The number of hydrogen-bond acceptors (Lipinski definition) is 2. The van der Waals surface area contributed by atoms with Crippen LogP contribution in [-0.4, -0.2) is 35.3 Å². The van der Waals surface area contributed by atoms with Gasteiger partial charge in [-0.05, 0) is 42.9 Å². The van der Waals surface area contributed by atoms with Gasteiger partial charge in [-0.25, -0.2) is 4.39 Å². The van der Waals surface area contributed by atoms with Crippen molar-refractivity contribution in [2.75, 3.05) is 13.6 Å². The Hall–Kier alpha value is -2.20. The van der Waals surface area contributed by atoms with Gasteiger partial charge in [0.1, 0.15) is 5.82 Å². The number of hydrogen-bond donors (Lipinski definition) is 0. The van der Waals surface area contributed by atoms with E-state index in [1.807, 2.05) is 6.07 Å². The largest absolute Gasteiger partial charge is 0.340 e.